The van der Waals surface area contributed by atoms with E-state index in [1.807, 2.05) is 20.8 Å². The fraction of sp³-hybridized carbons (Fsp3) is 1.00. The zero-order valence-corrected chi connectivity index (χ0v) is 16.0. The van der Waals surface area contributed by atoms with Crippen molar-refractivity contribution in [3.63, 3.8) is 0 Å². The van der Waals surface area contributed by atoms with Gasteiger partial charge in [0.2, 0.25) is 0 Å². The van der Waals surface area contributed by atoms with Crippen LogP contribution in [0.3, 0.4) is 0 Å². The van der Waals surface area contributed by atoms with E-state index >= 15 is 0 Å². The molecule has 1 fully saturated rings. The van der Waals surface area contributed by atoms with E-state index in [0.29, 0.717) is 18.3 Å². The Morgan fingerprint density at radius 2 is 1.69 bits per heavy atom. The number of hydrogen-bond donors (Lipinski definition) is 0. The first-order valence-electron chi connectivity index (χ1n) is 5.34. The molecule has 3 unspecified atom stereocenters. The van der Waals surface area contributed by atoms with E-state index in [1.54, 1.807) is 0 Å². The maximum absolute atomic E-state index is 11.1. The second-order valence-electron chi connectivity index (χ2n) is 4.93. The van der Waals surface area contributed by atoms with Gasteiger partial charge in [0.15, 0.2) is 0 Å². The first-order chi connectivity index (χ1) is 6.32. The molecule has 3 nitrogen and oxygen atoms in total. The molecule has 0 aromatic heterocycles. The van der Waals surface area contributed by atoms with Gasteiger partial charge >= 0.3 is 59.1 Å². The van der Waals surface area contributed by atoms with E-state index in [4.69, 9.17) is 0 Å². The summed E-state index contributed by atoms with van der Waals surface area (Å²) < 4.78 is 11.1. The SMILES string of the molecule is CC1CCC(C(C)C)C(P(=O)([O-])[O-])C1.[Na+].[Na+]. The molecule has 0 radical (unpaired) electrons. The summed E-state index contributed by atoms with van der Waals surface area (Å²) in [5, 5.41) is 0. The molecule has 0 aromatic rings. The predicted molar refractivity (Wildman–Crippen MR) is 52.7 cm³/mol. The summed E-state index contributed by atoms with van der Waals surface area (Å²) >= 11 is 0. The van der Waals surface area contributed by atoms with Gasteiger partial charge in [-0.3, -0.25) is 0 Å². The Hall–Kier alpha value is 2.15. The van der Waals surface area contributed by atoms with Crippen molar-refractivity contribution in [3.8, 4) is 0 Å². The van der Waals surface area contributed by atoms with Gasteiger partial charge in [0.1, 0.15) is 0 Å². The van der Waals surface area contributed by atoms with Crippen LogP contribution in [0.2, 0.25) is 0 Å². The first-order valence-corrected chi connectivity index (χ1v) is 6.95. The van der Waals surface area contributed by atoms with Crippen LogP contribution < -0.4 is 68.9 Å². The molecular weight excluding hydrogens is 245 g/mol. The van der Waals surface area contributed by atoms with Gasteiger partial charge in [0.25, 0.3) is 0 Å². The van der Waals surface area contributed by atoms with Crippen LogP contribution in [0.5, 0.6) is 0 Å². The molecule has 0 saturated heterocycles. The average molecular weight is 264 g/mol. The van der Waals surface area contributed by atoms with Gasteiger partial charge in [0, 0.05) is 0 Å². The van der Waals surface area contributed by atoms with Crippen LogP contribution in [-0.4, -0.2) is 5.66 Å². The Bertz CT molecular complexity index is 242. The third kappa shape index (κ3) is 5.86. The van der Waals surface area contributed by atoms with Crippen molar-refractivity contribution in [3.05, 3.63) is 0 Å². The molecule has 1 rings (SSSR count). The average Bonchev–Trinajstić information content (AvgIpc) is 2.01. The van der Waals surface area contributed by atoms with Gasteiger partial charge in [-0.2, -0.15) is 0 Å². The molecule has 0 N–H and O–H groups in total. The molecule has 0 aromatic carbocycles. The fourth-order valence-electron chi connectivity index (χ4n) is 2.52. The monoisotopic (exact) mass is 264 g/mol. The maximum Gasteiger partial charge on any atom is 1.00 e. The molecule has 1 saturated carbocycles. The fourth-order valence-corrected chi connectivity index (χ4v) is 4.10. The molecule has 16 heavy (non-hydrogen) atoms. The molecule has 84 valence electrons. The zero-order chi connectivity index (χ0) is 10.9. The minimum Gasteiger partial charge on any atom is -0.811 e. The summed E-state index contributed by atoms with van der Waals surface area (Å²) in [5.41, 5.74) is -0.619. The first kappa shape index (κ1) is 20.5. The third-order valence-corrected chi connectivity index (χ3v) is 4.80. The van der Waals surface area contributed by atoms with Crippen LogP contribution in [0.4, 0.5) is 0 Å². The predicted octanol–water partition coefficient (Wildman–Crippen LogP) is -4.63. The van der Waals surface area contributed by atoms with Crippen molar-refractivity contribution in [2.75, 3.05) is 0 Å². The van der Waals surface area contributed by atoms with Gasteiger partial charge in [-0.25, -0.2) is 0 Å². The third-order valence-electron chi connectivity index (χ3n) is 3.39. The minimum absolute atomic E-state index is 0. The van der Waals surface area contributed by atoms with E-state index in [0.717, 1.165) is 12.8 Å². The standard InChI is InChI=1S/C10H21O3P.2Na/c1-7(2)9-5-4-8(3)6-10(9)14(11,12)13;;/h7-10H,4-6H2,1-3H3,(H2,11,12,13);;/q;2*+1/p-2. The van der Waals surface area contributed by atoms with Crippen LogP contribution >= 0.6 is 7.60 Å². The Morgan fingerprint density at radius 1 is 1.19 bits per heavy atom. The van der Waals surface area contributed by atoms with Crippen molar-refractivity contribution in [2.45, 2.75) is 45.7 Å². The quantitative estimate of drug-likeness (QED) is 0.372. The number of hydrogen-bond acceptors (Lipinski definition) is 3. The van der Waals surface area contributed by atoms with Crippen LogP contribution in [0.1, 0.15) is 40.0 Å². The molecule has 6 heteroatoms. The molecule has 0 heterocycles. The van der Waals surface area contributed by atoms with Crippen molar-refractivity contribution in [1.29, 1.82) is 0 Å². The zero-order valence-electron chi connectivity index (χ0n) is 11.1. The van der Waals surface area contributed by atoms with Crippen LogP contribution in [0, 0.1) is 17.8 Å². The van der Waals surface area contributed by atoms with Crippen LogP contribution in [0.25, 0.3) is 0 Å². The molecule has 0 amide bonds. The van der Waals surface area contributed by atoms with Crippen LogP contribution in [0.15, 0.2) is 0 Å². The molecule has 1 aliphatic rings. The Kier molecular flexibility index (Phi) is 10.7. The molecule has 3 atom stereocenters. The van der Waals surface area contributed by atoms with Gasteiger partial charge < -0.3 is 14.4 Å². The maximum atomic E-state index is 11.1. The van der Waals surface area contributed by atoms with Gasteiger partial charge in [-0.05, 0) is 36.3 Å². The molecule has 0 spiro atoms. The van der Waals surface area contributed by atoms with Crippen molar-refractivity contribution >= 4 is 7.60 Å². The van der Waals surface area contributed by atoms with E-state index in [2.05, 4.69) is 0 Å². The van der Waals surface area contributed by atoms with E-state index in [9.17, 15) is 14.4 Å². The Balaban J connectivity index is 0. The minimum atomic E-state index is -4.39. The molecule has 0 aliphatic heterocycles. The summed E-state index contributed by atoms with van der Waals surface area (Å²) in [6.07, 6.45) is 2.50. The van der Waals surface area contributed by atoms with Crippen molar-refractivity contribution in [1.82, 2.24) is 0 Å². The summed E-state index contributed by atoms with van der Waals surface area (Å²) in [6.45, 7) is 6.03. The second-order valence-corrected chi connectivity index (χ2v) is 6.68. The molecule has 1 aliphatic carbocycles. The van der Waals surface area contributed by atoms with Gasteiger partial charge in [0.05, 0.1) is 0 Å². The van der Waals surface area contributed by atoms with Crippen LogP contribution in [-0.2, 0) is 4.57 Å². The van der Waals surface area contributed by atoms with E-state index in [-0.39, 0.29) is 65.0 Å². The summed E-state index contributed by atoms with van der Waals surface area (Å²) in [5.74, 6) is 0.752. The summed E-state index contributed by atoms with van der Waals surface area (Å²) in [4.78, 5) is 22.2. The smallest absolute Gasteiger partial charge is 0.811 e. The van der Waals surface area contributed by atoms with E-state index in [1.165, 1.54) is 0 Å². The number of rotatable bonds is 2. The molecule has 0 bridgehead atoms. The second kappa shape index (κ2) is 8.35. The summed E-state index contributed by atoms with van der Waals surface area (Å²) in [7, 11) is -4.39. The Labute approximate surface area is 143 Å². The van der Waals surface area contributed by atoms with E-state index < -0.39 is 13.3 Å². The van der Waals surface area contributed by atoms with Crippen molar-refractivity contribution < 1.29 is 73.5 Å². The van der Waals surface area contributed by atoms with Gasteiger partial charge in [-0.1, -0.05) is 34.8 Å². The van der Waals surface area contributed by atoms with Gasteiger partial charge in [-0.15, -0.1) is 0 Å². The largest absolute Gasteiger partial charge is 1.00 e. The Morgan fingerprint density at radius 3 is 2.06 bits per heavy atom. The molecular formula is C10H19Na2O3P. The normalized spacial score (nSPS) is 30.5. The van der Waals surface area contributed by atoms with Crippen molar-refractivity contribution in [2.24, 2.45) is 17.8 Å². The summed E-state index contributed by atoms with van der Waals surface area (Å²) in [6, 6.07) is 0. The topological polar surface area (TPSA) is 63.2 Å².